The number of rotatable bonds is 6. The first-order chi connectivity index (χ1) is 17.2. The van der Waals surface area contributed by atoms with Crippen LogP contribution in [-0.4, -0.2) is 73.8 Å². The number of hydrazine groups is 1. The Morgan fingerprint density at radius 1 is 1.14 bits per heavy atom. The molecule has 2 aromatic carbocycles. The van der Waals surface area contributed by atoms with Crippen LogP contribution in [0.1, 0.15) is 5.56 Å². The number of carbonyl (C=O) groups excluding carboxylic acids is 2. The van der Waals surface area contributed by atoms with Crippen molar-refractivity contribution in [1.29, 1.82) is 0 Å². The maximum atomic E-state index is 15.1. The number of halogens is 4. The highest BCUT2D eigenvalue weighted by atomic mass is 32.1. The molecule has 0 saturated carbocycles. The van der Waals surface area contributed by atoms with Gasteiger partial charge in [-0.1, -0.05) is 42.5 Å². The lowest BCUT2D eigenvalue weighted by Gasteiger charge is -2.26. The third-order valence-electron chi connectivity index (χ3n) is 5.75. The number of ether oxygens (including phenoxy) is 1. The number of nitrogens with one attached hydrogen (secondary N) is 2. The van der Waals surface area contributed by atoms with Crippen molar-refractivity contribution in [3.05, 3.63) is 59.7 Å². The van der Waals surface area contributed by atoms with Gasteiger partial charge in [0.25, 0.3) is 5.91 Å². The topological polar surface area (TPSA) is 77.2 Å². The highest BCUT2D eigenvalue weighted by Gasteiger charge is 2.34. The molecule has 13 heteroatoms. The van der Waals surface area contributed by atoms with Crippen LogP contribution in [0.3, 0.4) is 0 Å². The molecule has 0 aromatic heterocycles. The number of anilines is 2. The molecule has 2 amide bonds. The number of hydrogen-bond donors (Lipinski definition) is 2. The van der Waals surface area contributed by atoms with Gasteiger partial charge in [0.15, 0.2) is 11.6 Å². The van der Waals surface area contributed by atoms with Crippen LogP contribution in [0.15, 0.2) is 42.5 Å². The molecule has 2 aliphatic heterocycles. The number of carbonyl (C=O) groups is 2. The predicted octanol–water partition coefficient (Wildman–Crippen LogP) is 2.67. The minimum Gasteiger partial charge on any atom is -0.442 e. The Morgan fingerprint density at radius 2 is 1.83 bits per heavy atom. The Bertz CT molecular complexity index is 1120. The second-order valence-electron chi connectivity index (χ2n) is 8.14. The van der Waals surface area contributed by atoms with E-state index in [4.69, 9.17) is 17.0 Å². The highest BCUT2D eigenvalue weighted by Crippen LogP contribution is 2.31. The van der Waals surface area contributed by atoms with Gasteiger partial charge >= 0.3 is 12.5 Å². The Hall–Kier alpha value is -3.45. The molecule has 0 radical (unpaired) electrons. The van der Waals surface area contributed by atoms with E-state index in [0.29, 0.717) is 24.6 Å². The van der Waals surface area contributed by atoms with Gasteiger partial charge in [-0.3, -0.25) is 14.7 Å². The third-order valence-corrected chi connectivity index (χ3v) is 6.21. The molecule has 192 valence electrons. The summed E-state index contributed by atoms with van der Waals surface area (Å²) in [6, 6.07) is 11.4. The van der Waals surface area contributed by atoms with Crippen LogP contribution < -0.4 is 20.5 Å². The molecule has 0 bridgehead atoms. The maximum absolute atomic E-state index is 15.1. The quantitative estimate of drug-likeness (QED) is 0.444. The zero-order chi connectivity index (χ0) is 25.8. The predicted molar refractivity (Wildman–Crippen MR) is 128 cm³/mol. The lowest BCUT2D eigenvalue weighted by Crippen LogP contribution is -2.43. The monoisotopic (exact) mass is 525 g/mol. The van der Waals surface area contributed by atoms with Gasteiger partial charge in [-0.2, -0.15) is 8.78 Å². The lowest BCUT2D eigenvalue weighted by atomic mass is 10.2. The zero-order valence-corrected chi connectivity index (χ0v) is 19.7. The largest absolute Gasteiger partial charge is 0.442 e. The van der Waals surface area contributed by atoms with Gasteiger partial charge in [0.1, 0.15) is 16.8 Å². The lowest BCUT2D eigenvalue weighted by molar-refractivity contribution is -0.132. The van der Waals surface area contributed by atoms with E-state index in [1.165, 1.54) is 0 Å². The van der Waals surface area contributed by atoms with Crippen LogP contribution in [-0.2, 0) is 9.53 Å². The van der Waals surface area contributed by atoms with Gasteiger partial charge in [-0.05, 0) is 0 Å². The summed E-state index contributed by atoms with van der Waals surface area (Å²) in [6.45, 7) is 0.831. The minimum absolute atomic E-state index is 0.0822. The van der Waals surface area contributed by atoms with Gasteiger partial charge in [0.05, 0.1) is 25.3 Å². The van der Waals surface area contributed by atoms with Gasteiger partial charge in [-0.25, -0.2) is 19.0 Å². The number of thiocarbonyl (C=S) groups is 1. The average molecular weight is 526 g/mol. The molecular formula is C23H23F4N5O3S. The van der Waals surface area contributed by atoms with E-state index in [1.807, 2.05) is 35.6 Å². The summed E-state index contributed by atoms with van der Waals surface area (Å²) < 4.78 is 59.9. The van der Waals surface area contributed by atoms with Crippen LogP contribution in [0.2, 0.25) is 0 Å². The van der Waals surface area contributed by atoms with Crippen LogP contribution in [0.4, 0.5) is 33.7 Å². The number of hydrogen-bond acceptors (Lipinski definition) is 6. The van der Waals surface area contributed by atoms with Gasteiger partial charge in [-0.15, -0.1) is 0 Å². The van der Waals surface area contributed by atoms with E-state index < -0.39 is 36.2 Å². The van der Waals surface area contributed by atoms with Crippen LogP contribution in [0.5, 0.6) is 0 Å². The first-order valence-electron chi connectivity index (χ1n) is 11.1. The van der Waals surface area contributed by atoms with Crippen LogP contribution in [0.25, 0.3) is 0 Å². The molecule has 2 fully saturated rings. The molecule has 2 aliphatic rings. The fraction of sp³-hybridized carbons (Fsp3) is 0.348. The molecule has 2 N–H and O–H groups in total. The van der Waals surface area contributed by atoms with Crippen molar-refractivity contribution in [1.82, 2.24) is 15.8 Å². The summed E-state index contributed by atoms with van der Waals surface area (Å²) in [5.41, 5.74) is 3.70. The van der Waals surface area contributed by atoms with Crippen molar-refractivity contribution < 1.29 is 31.9 Å². The second kappa shape index (κ2) is 11.1. The fourth-order valence-corrected chi connectivity index (χ4v) is 4.30. The minimum atomic E-state index is -3.20. The third kappa shape index (κ3) is 5.68. The summed E-state index contributed by atoms with van der Waals surface area (Å²) in [5, 5.41) is 3.72. The molecule has 8 nitrogen and oxygen atoms in total. The van der Waals surface area contributed by atoms with Crippen molar-refractivity contribution in [2.45, 2.75) is 12.5 Å². The SMILES string of the molecule is O=C(NCC1CN(c2cc(F)c(N3CCNN(C(=S)c4ccccc4)CC3)c(F)c2)C(=O)O1)C(F)F. The fourth-order valence-electron chi connectivity index (χ4n) is 4.01. The number of amides is 2. The van der Waals surface area contributed by atoms with E-state index in [-0.39, 0.29) is 31.0 Å². The molecule has 0 spiro atoms. The Morgan fingerprint density at radius 3 is 2.50 bits per heavy atom. The van der Waals surface area contributed by atoms with E-state index >= 15 is 8.78 Å². The molecule has 0 aliphatic carbocycles. The van der Waals surface area contributed by atoms with E-state index in [1.54, 1.807) is 9.91 Å². The van der Waals surface area contributed by atoms with E-state index in [2.05, 4.69) is 5.43 Å². The summed E-state index contributed by atoms with van der Waals surface area (Å²) in [5.74, 6) is -3.24. The van der Waals surface area contributed by atoms with Crippen LogP contribution >= 0.6 is 12.2 Å². The van der Waals surface area contributed by atoms with Gasteiger partial charge in [0, 0.05) is 37.3 Å². The molecule has 4 rings (SSSR count). The Balaban J connectivity index is 1.43. The molecule has 1 unspecified atom stereocenters. The summed E-state index contributed by atoms with van der Waals surface area (Å²) in [6.07, 6.45) is -5.05. The standard InChI is InChI=1S/C23H23F4N5O3S/c24-17-10-15(31-13-16(35-23(31)34)12-28-21(33)20(26)27)11-18(25)19(17)30-7-6-29-32(9-8-30)22(36)14-4-2-1-3-5-14/h1-5,10-11,16,20,29H,6-9,12-13H2,(H,28,33). The molecule has 36 heavy (non-hydrogen) atoms. The van der Waals surface area contributed by atoms with Crippen molar-refractivity contribution in [2.75, 3.05) is 49.1 Å². The van der Waals surface area contributed by atoms with Crippen molar-refractivity contribution in [2.24, 2.45) is 0 Å². The van der Waals surface area contributed by atoms with Crippen molar-refractivity contribution in [3.63, 3.8) is 0 Å². The number of nitrogens with zero attached hydrogens (tertiary/aromatic N) is 3. The Labute approximate surface area is 209 Å². The first kappa shape index (κ1) is 25.6. The first-order valence-corrected chi connectivity index (χ1v) is 11.5. The summed E-state index contributed by atoms with van der Waals surface area (Å²) in [4.78, 5) is 26.3. The van der Waals surface area contributed by atoms with Crippen molar-refractivity contribution in [3.8, 4) is 0 Å². The van der Waals surface area contributed by atoms with Gasteiger partial charge in [0.2, 0.25) is 0 Å². The molecule has 2 saturated heterocycles. The number of benzene rings is 2. The van der Waals surface area contributed by atoms with E-state index in [9.17, 15) is 18.4 Å². The maximum Gasteiger partial charge on any atom is 0.414 e. The molecular weight excluding hydrogens is 502 g/mol. The molecule has 2 aromatic rings. The van der Waals surface area contributed by atoms with E-state index in [0.717, 1.165) is 22.6 Å². The average Bonchev–Trinajstić information content (AvgIpc) is 3.06. The molecule has 2 heterocycles. The summed E-state index contributed by atoms with van der Waals surface area (Å²) in [7, 11) is 0. The van der Waals surface area contributed by atoms with Crippen molar-refractivity contribution >= 4 is 40.6 Å². The number of cyclic esters (lactones) is 1. The zero-order valence-electron chi connectivity index (χ0n) is 18.9. The normalized spacial score (nSPS) is 18.3. The number of alkyl halides is 2. The second-order valence-corrected chi connectivity index (χ2v) is 8.52. The molecule has 1 atom stereocenters. The van der Waals surface area contributed by atoms with Crippen LogP contribution in [0, 0.1) is 11.6 Å². The smallest absolute Gasteiger partial charge is 0.414 e. The van der Waals surface area contributed by atoms with Gasteiger partial charge < -0.3 is 15.0 Å². The highest BCUT2D eigenvalue weighted by molar-refractivity contribution is 7.80. The summed E-state index contributed by atoms with van der Waals surface area (Å²) >= 11 is 5.54. The Kier molecular flexibility index (Phi) is 7.89.